The first-order valence-corrected chi connectivity index (χ1v) is 11.5. The molecule has 5 nitrogen and oxygen atoms in total. The lowest BCUT2D eigenvalue weighted by Crippen LogP contribution is -2.13. The van der Waals surface area contributed by atoms with E-state index in [1.165, 1.54) is 12.1 Å². The Kier molecular flexibility index (Phi) is 8.72. The molecule has 0 aliphatic rings. The summed E-state index contributed by atoms with van der Waals surface area (Å²) in [5, 5.41) is 6.31. The molecule has 0 spiro atoms. The maximum atomic E-state index is 13.1. The highest BCUT2D eigenvalue weighted by atomic mass is 79.9. The fourth-order valence-corrected chi connectivity index (χ4v) is 3.85. The zero-order chi connectivity index (χ0) is 23.8. The Morgan fingerprint density at radius 1 is 1.03 bits per heavy atom. The molecule has 7 heteroatoms. The van der Waals surface area contributed by atoms with Gasteiger partial charge in [0.05, 0.1) is 11.6 Å². The molecule has 0 aromatic heterocycles. The van der Waals surface area contributed by atoms with E-state index >= 15 is 0 Å². The molecule has 0 atom stereocenters. The van der Waals surface area contributed by atoms with Crippen LogP contribution in [0.5, 0.6) is 11.5 Å². The van der Waals surface area contributed by atoms with Crippen molar-refractivity contribution in [1.29, 1.82) is 0 Å². The molecule has 1 amide bonds. The van der Waals surface area contributed by atoms with E-state index in [0.717, 1.165) is 27.0 Å². The first-order valence-electron chi connectivity index (χ1n) is 10.7. The van der Waals surface area contributed by atoms with Crippen LogP contribution in [0.25, 0.3) is 0 Å². The van der Waals surface area contributed by atoms with Crippen LogP contribution in [0.15, 0.2) is 65.1 Å². The Hall–Kier alpha value is -3.06. The lowest BCUT2D eigenvalue weighted by Gasteiger charge is -2.15. The fourth-order valence-electron chi connectivity index (χ4n) is 3.25. The summed E-state index contributed by atoms with van der Waals surface area (Å²) >= 11 is 3.57. The molecule has 0 aliphatic carbocycles. The van der Waals surface area contributed by atoms with E-state index in [4.69, 9.17) is 9.47 Å². The van der Waals surface area contributed by atoms with Gasteiger partial charge in [-0.05, 0) is 75.4 Å². The number of nitrogens with one attached hydrogen (secondary N) is 2. The highest BCUT2D eigenvalue weighted by Crippen LogP contribution is 2.37. The molecule has 3 rings (SSSR count). The van der Waals surface area contributed by atoms with Crippen molar-refractivity contribution in [2.75, 3.05) is 17.7 Å². The molecule has 0 fully saturated rings. The van der Waals surface area contributed by atoms with Crippen LogP contribution in [0.1, 0.15) is 31.4 Å². The molecule has 0 saturated heterocycles. The predicted octanol–water partition coefficient (Wildman–Crippen LogP) is 6.77. The van der Waals surface area contributed by atoms with Crippen LogP contribution in [0, 0.1) is 11.7 Å². The molecule has 3 aromatic carbocycles. The largest absolute Gasteiger partial charge is 0.493 e. The standard InChI is InChI=1S/C26H28BrFN2O3/c1-17(2)11-25(31)30-22-6-4-5-21(14-22)29-15-19-12-23(27)26(24(13-19)32-3)33-16-18-7-9-20(28)10-8-18/h4-10,12-14,17,29H,11,15-16H2,1-3H3,(H,30,31). The molecule has 0 saturated carbocycles. The lowest BCUT2D eigenvalue weighted by molar-refractivity contribution is -0.116. The van der Waals surface area contributed by atoms with Crippen LogP contribution in [0.4, 0.5) is 15.8 Å². The van der Waals surface area contributed by atoms with Crippen molar-refractivity contribution in [3.63, 3.8) is 0 Å². The Balaban J connectivity index is 1.64. The van der Waals surface area contributed by atoms with Crippen LogP contribution >= 0.6 is 15.9 Å². The van der Waals surface area contributed by atoms with Gasteiger partial charge in [-0.15, -0.1) is 0 Å². The molecule has 0 heterocycles. The molecule has 0 aliphatic heterocycles. The summed E-state index contributed by atoms with van der Waals surface area (Å²) in [6.45, 7) is 4.88. The van der Waals surface area contributed by atoms with Gasteiger partial charge in [0.25, 0.3) is 0 Å². The molecular formula is C26H28BrFN2O3. The van der Waals surface area contributed by atoms with Crippen LogP contribution < -0.4 is 20.1 Å². The average Bonchev–Trinajstić information content (AvgIpc) is 2.77. The van der Waals surface area contributed by atoms with E-state index in [1.807, 2.05) is 50.2 Å². The van der Waals surface area contributed by atoms with Crippen molar-refractivity contribution in [2.45, 2.75) is 33.4 Å². The summed E-state index contributed by atoms with van der Waals surface area (Å²) in [6, 6.07) is 17.7. The Morgan fingerprint density at radius 3 is 2.45 bits per heavy atom. The summed E-state index contributed by atoms with van der Waals surface area (Å²) in [4.78, 5) is 12.0. The first kappa shape index (κ1) is 24.6. The third kappa shape index (κ3) is 7.49. The van der Waals surface area contributed by atoms with E-state index < -0.39 is 0 Å². The molecule has 174 valence electrons. The van der Waals surface area contributed by atoms with Crippen molar-refractivity contribution in [1.82, 2.24) is 0 Å². The SMILES string of the molecule is COc1cc(CNc2cccc(NC(=O)CC(C)C)c2)cc(Br)c1OCc1ccc(F)cc1. The van der Waals surface area contributed by atoms with Crippen LogP contribution in [0.2, 0.25) is 0 Å². The van der Waals surface area contributed by atoms with Gasteiger partial charge in [0.15, 0.2) is 11.5 Å². The molecule has 0 bridgehead atoms. The molecular weight excluding hydrogens is 487 g/mol. The van der Waals surface area contributed by atoms with Gasteiger partial charge < -0.3 is 20.1 Å². The van der Waals surface area contributed by atoms with Gasteiger partial charge in [0.1, 0.15) is 12.4 Å². The number of halogens is 2. The average molecular weight is 515 g/mol. The Labute approximate surface area is 202 Å². The van der Waals surface area contributed by atoms with E-state index in [0.29, 0.717) is 37.0 Å². The van der Waals surface area contributed by atoms with Crippen molar-refractivity contribution in [3.05, 3.63) is 82.1 Å². The molecule has 33 heavy (non-hydrogen) atoms. The molecule has 0 unspecified atom stereocenters. The number of hydrogen-bond acceptors (Lipinski definition) is 4. The topological polar surface area (TPSA) is 59.6 Å². The summed E-state index contributed by atoms with van der Waals surface area (Å²) < 4.78 is 25.3. The smallest absolute Gasteiger partial charge is 0.224 e. The maximum Gasteiger partial charge on any atom is 0.224 e. The number of carbonyl (C=O) groups excluding carboxylic acids is 1. The van der Waals surface area contributed by atoms with E-state index in [2.05, 4.69) is 26.6 Å². The number of amides is 1. The predicted molar refractivity (Wildman–Crippen MR) is 133 cm³/mol. The number of rotatable bonds is 10. The third-order valence-corrected chi connectivity index (χ3v) is 5.41. The third-order valence-electron chi connectivity index (χ3n) is 4.82. The van der Waals surface area contributed by atoms with Gasteiger partial charge in [-0.3, -0.25) is 4.79 Å². The highest BCUT2D eigenvalue weighted by molar-refractivity contribution is 9.10. The van der Waals surface area contributed by atoms with Gasteiger partial charge in [-0.25, -0.2) is 4.39 Å². The minimum Gasteiger partial charge on any atom is -0.493 e. The monoisotopic (exact) mass is 514 g/mol. The lowest BCUT2D eigenvalue weighted by atomic mass is 10.1. The van der Waals surface area contributed by atoms with E-state index in [-0.39, 0.29) is 11.7 Å². The van der Waals surface area contributed by atoms with Crippen LogP contribution in [-0.2, 0) is 17.9 Å². The number of carbonyl (C=O) groups is 1. The fraction of sp³-hybridized carbons (Fsp3) is 0.269. The highest BCUT2D eigenvalue weighted by Gasteiger charge is 2.13. The zero-order valence-electron chi connectivity index (χ0n) is 19.0. The van der Waals surface area contributed by atoms with Crippen LogP contribution in [-0.4, -0.2) is 13.0 Å². The summed E-state index contributed by atoms with van der Waals surface area (Å²) in [5.41, 5.74) is 3.50. The summed E-state index contributed by atoms with van der Waals surface area (Å²) in [6.07, 6.45) is 0.487. The zero-order valence-corrected chi connectivity index (χ0v) is 20.5. The summed E-state index contributed by atoms with van der Waals surface area (Å²) in [7, 11) is 1.59. The second kappa shape index (κ2) is 11.7. The minimum absolute atomic E-state index is 0.00652. The van der Waals surface area contributed by atoms with Crippen molar-refractivity contribution in [3.8, 4) is 11.5 Å². The minimum atomic E-state index is -0.280. The van der Waals surface area contributed by atoms with E-state index in [9.17, 15) is 9.18 Å². The summed E-state index contributed by atoms with van der Waals surface area (Å²) in [5.74, 6) is 1.21. The Bertz CT molecular complexity index is 1090. The second-order valence-corrected chi connectivity index (χ2v) is 8.96. The number of benzene rings is 3. The van der Waals surface area contributed by atoms with E-state index in [1.54, 1.807) is 19.2 Å². The molecule has 3 aromatic rings. The van der Waals surface area contributed by atoms with Crippen molar-refractivity contribution < 1.29 is 18.7 Å². The number of anilines is 2. The van der Waals surface area contributed by atoms with Gasteiger partial charge in [0.2, 0.25) is 5.91 Å². The van der Waals surface area contributed by atoms with Gasteiger partial charge in [-0.1, -0.05) is 32.0 Å². The number of hydrogen-bond donors (Lipinski definition) is 2. The number of ether oxygens (including phenoxy) is 2. The number of methoxy groups -OCH3 is 1. The Morgan fingerprint density at radius 2 is 1.76 bits per heavy atom. The first-order chi connectivity index (χ1) is 15.8. The molecule has 0 radical (unpaired) electrons. The van der Waals surface area contributed by atoms with Crippen molar-refractivity contribution in [2.24, 2.45) is 5.92 Å². The maximum absolute atomic E-state index is 13.1. The molecule has 2 N–H and O–H groups in total. The van der Waals surface area contributed by atoms with Crippen molar-refractivity contribution >= 4 is 33.2 Å². The normalized spacial score (nSPS) is 10.7. The van der Waals surface area contributed by atoms with Gasteiger partial charge >= 0.3 is 0 Å². The quantitative estimate of drug-likeness (QED) is 0.313. The van der Waals surface area contributed by atoms with Gasteiger partial charge in [0, 0.05) is 24.3 Å². The second-order valence-electron chi connectivity index (χ2n) is 8.10. The van der Waals surface area contributed by atoms with Crippen LogP contribution in [0.3, 0.4) is 0 Å². The van der Waals surface area contributed by atoms with Gasteiger partial charge in [-0.2, -0.15) is 0 Å².